The van der Waals surface area contributed by atoms with E-state index in [0.717, 1.165) is 17.5 Å². The standard InChI is InChI=1S/C21H20N2O5S/c1-3-4-11-28-21(25)18-15-7-5-6-8-17(15)29-20(18)22-19(24)14-10-9-13(2)16(12-14)23(26)27/h5-10,12H,3-4,11H2,1-2H3,(H,22,24). The minimum atomic E-state index is -0.526. The number of benzene rings is 2. The Hall–Kier alpha value is -3.26. The van der Waals surface area contributed by atoms with Gasteiger partial charge >= 0.3 is 5.97 Å². The van der Waals surface area contributed by atoms with Crippen LogP contribution in [0.3, 0.4) is 0 Å². The van der Waals surface area contributed by atoms with Gasteiger partial charge in [0.15, 0.2) is 0 Å². The molecule has 0 fully saturated rings. The molecule has 0 aliphatic rings. The third-order valence-electron chi connectivity index (χ3n) is 4.43. The first-order chi connectivity index (χ1) is 13.9. The number of thiophene rings is 1. The minimum Gasteiger partial charge on any atom is -0.462 e. The molecule has 0 spiro atoms. The Balaban J connectivity index is 1.94. The molecule has 2 aromatic carbocycles. The van der Waals surface area contributed by atoms with E-state index in [1.165, 1.54) is 29.5 Å². The van der Waals surface area contributed by atoms with E-state index in [1.807, 2.05) is 25.1 Å². The van der Waals surface area contributed by atoms with Crippen molar-refractivity contribution < 1.29 is 19.2 Å². The lowest BCUT2D eigenvalue weighted by atomic mass is 10.1. The first kappa shape index (κ1) is 20.5. The van der Waals surface area contributed by atoms with Crippen molar-refractivity contribution in [3.8, 4) is 0 Å². The van der Waals surface area contributed by atoms with Crippen molar-refractivity contribution in [2.45, 2.75) is 26.7 Å². The van der Waals surface area contributed by atoms with Crippen molar-refractivity contribution in [2.75, 3.05) is 11.9 Å². The fourth-order valence-electron chi connectivity index (χ4n) is 2.84. The van der Waals surface area contributed by atoms with Gasteiger partial charge in [0.25, 0.3) is 11.6 Å². The minimum absolute atomic E-state index is 0.131. The van der Waals surface area contributed by atoms with Crippen LogP contribution < -0.4 is 5.32 Å². The second kappa shape index (κ2) is 8.83. The van der Waals surface area contributed by atoms with Crippen LogP contribution in [-0.2, 0) is 4.74 Å². The molecule has 3 aromatic rings. The highest BCUT2D eigenvalue weighted by molar-refractivity contribution is 7.23. The number of aryl methyl sites for hydroxylation is 1. The Labute approximate surface area is 171 Å². The summed E-state index contributed by atoms with van der Waals surface area (Å²) in [6, 6.07) is 11.6. The number of nitrogens with one attached hydrogen (secondary N) is 1. The lowest BCUT2D eigenvalue weighted by Crippen LogP contribution is -2.15. The summed E-state index contributed by atoms with van der Waals surface area (Å²) in [5.41, 5.74) is 0.781. The first-order valence-corrected chi connectivity index (χ1v) is 9.99. The smallest absolute Gasteiger partial charge is 0.341 e. The number of rotatable bonds is 7. The largest absolute Gasteiger partial charge is 0.462 e. The number of nitrogens with zero attached hydrogens (tertiary/aromatic N) is 1. The molecule has 1 amide bonds. The molecule has 0 aliphatic carbocycles. The summed E-state index contributed by atoms with van der Waals surface area (Å²) in [6.07, 6.45) is 1.65. The number of nitro benzene ring substituents is 1. The number of esters is 1. The molecule has 1 aromatic heterocycles. The zero-order valence-electron chi connectivity index (χ0n) is 16.1. The number of ether oxygens (including phenoxy) is 1. The molecule has 0 saturated heterocycles. The lowest BCUT2D eigenvalue weighted by Gasteiger charge is -2.08. The van der Waals surface area contributed by atoms with Crippen LogP contribution in [0.15, 0.2) is 42.5 Å². The second-order valence-corrected chi connectivity index (χ2v) is 7.56. The second-order valence-electron chi connectivity index (χ2n) is 6.50. The molecule has 1 N–H and O–H groups in total. The highest BCUT2D eigenvalue weighted by Gasteiger charge is 2.23. The summed E-state index contributed by atoms with van der Waals surface area (Å²) >= 11 is 1.26. The van der Waals surface area contributed by atoms with Gasteiger partial charge in [-0.15, -0.1) is 11.3 Å². The molecular formula is C21H20N2O5S. The monoisotopic (exact) mass is 412 g/mol. The molecule has 0 aliphatic heterocycles. The van der Waals surface area contributed by atoms with Gasteiger partial charge in [-0.25, -0.2) is 4.79 Å². The van der Waals surface area contributed by atoms with Crippen molar-refractivity contribution in [2.24, 2.45) is 0 Å². The highest BCUT2D eigenvalue weighted by Crippen LogP contribution is 2.36. The number of unbranched alkanes of at least 4 members (excludes halogenated alkanes) is 1. The normalized spacial score (nSPS) is 10.7. The third-order valence-corrected chi connectivity index (χ3v) is 5.51. The molecule has 1 heterocycles. The zero-order valence-corrected chi connectivity index (χ0v) is 16.9. The number of hydrogen-bond donors (Lipinski definition) is 1. The highest BCUT2D eigenvalue weighted by atomic mass is 32.1. The van der Waals surface area contributed by atoms with E-state index in [2.05, 4.69) is 5.32 Å². The zero-order chi connectivity index (χ0) is 21.0. The first-order valence-electron chi connectivity index (χ1n) is 9.17. The van der Waals surface area contributed by atoms with Crippen LogP contribution in [0.25, 0.3) is 10.1 Å². The summed E-state index contributed by atoms with van der Waals surface area (Å²) in [7, 11) is 0. The number of fused-ring (bicyclic) bond motifs is 1. The van der Waals surface area contributed by atoms with Crippen LogP contribution in [-0.4, -0.2) is 23.4 Å². The van der Waals surface area contributed by atoms with E-state index < -0.39 is 16.8 Å². The number of nitro groups is 1. The van der Waals surface area contributed by atoms with Gasteiger partial charge in [-0.2, -0.15) is 0 Å². The Bertz CT molecular complexity index is 1090. The van der Waals surface area contributed by atoms with E-state index in [4.69, 9.17) is 4.74 Å². The number of carbonyl (C=O) groups is 2. The molecular weight excluding hydrogens is 392 g/mol. The Kier molecular flexibility index (Phi) is 6.23. The number of anilines is 1. The van der Waals surface area contributed by atoms with Crippen molar-refractivity contribution >= 4 is 44.0 Å². The van der Waals surface area contributed by atoms with Gasteiger partial charge in [0.2, 0.25) is 0 Å². The molecule has 0 saturated carbocycles. The predicted octanol–water partition coefficient (Wildman–Crippen LogP) is 5.33. The van der Waals surface area contributed by atoms with Crippen LogP contribution in [0.4, 0.5) is 10.7 Å². The third kappa shape index (κ3) is 4.43. The van der Waals surface area contributed by atoms with Crippen molar-refractivity contribution in [3.05, 3.63) is 69.3 Å². The summed E-state index contributed by atoms with van der Waals surface area (Å²) in [5.74, 6) is -1.02. The van der Waals surface area contributed by atoms with E-state index in [9.17, 15) is 19.7 Å². The molecule has 0 radical (unpaired) electrons. The maximum absolute atomic E-state index is 12.7. The molecule has 7 nitrogen and oxygen atoms in total. The average molecular weight is 412 g/mol. The summed E-state index contributed by atoms with van der Waals surface area (Å²) in [5, 5.41) is 14.9. The molecule has 0 unspecified atom stereocenters. The Morgan fingerprint density at radius 1 is 1.21 bits per heavy atom. The Morgan fingerprint density at radius 2 is 1.97 bits per heavy atom. The van der Waals surface area contributed by atoms with Gasteiger partial charge in [0.05, 0.1) is 11.5 Å². The van der Waals surface area contributed by atoms with Crippen molar-refractivity contribution in [3.63, 3.8) is 0 Å². The molecule has 150 valence electrons. The average Bonchev–Trinajstić information content (AvgIpc) is 3.06. The van der Waals surface area contributed by atoms with Gasteiger partial charge in [-0.05, 0) is 25.5 Å². The molecule has 3 rings (SSSR count). The van der Waals surface area contributed by atoms with Gasteiger partial charge in [-0.3, -0.25) is 14.9 Å². The van der Waals surface area contributed by atoms with E-state index in [0.29, 0.717) is 28.1 Å². The van der Waals surface area contributed by atoms with E-state index in [-0.39, 0.29) is 11.3 Å². The number of amides is 1. The molecule has 8 heteroatoms. The topological polar surface area (TPSA) is 98.5 Å². The number of carbonyl (C=O) groups excluding carboxylic acids is 2. The van der Waals surface area contributed by atoms with Crippen LogP contribution in [0.5, 0.6) is 0 Å². The van der Waals surface area contributed by atoms with Crippen LogP contribution in [0.2, 0.25) is 0 Å². The van der Waals surface area contributed by atoms with E-state index in [1.54, 1.807) is 13.0 Å². The maximum Gasteiger partial charge on any atom is 0.341 e. The quantitative estimate of drug-likeness (QED) is 0.245. The molecule has 0 atom stereocenters. The summed E-state index contributed by atoms with van der Waals surface area (Å²) < 4.78 is 6.19. The van der Waals surface area contributed by atoms with Crippen molar-refractivity contribution in [1.82, 2.24) is 0 Å². The fourth-order valence-corrected chi connectivity index (χ4v) is 3.93. The summed E-state index contributed by atoms with van der Waals surface area (Å²) in [6.45, 7) is 3.91. The predicted molar refractivity (Wildman–Crippen MR) is 113 cm³/mol. The van der Waals surface area contributed by atoms with Gasteiger partial charge in [0.1, 0.15) is 10.6 Å². The van der Waals surface area contributed by atoms with E-state index >= 15 is 0 Å². The van der Waals surface area contributed by atoms with Gasteiger partial charge in [0, 0.05) is 27.3 Å². The summed E-state index contributed by atoms with van der Waals surface area (Å²) in [4.78, 5) is 36.0. The molecule has 29 heavy (non-hydrogen) atoms. The SMILES string of the molecule is CCCCOC(=O)c1c(NC(=O)c2ccc(C)c([N+](=O)[O-])c2)sc2ccccc12. The van der Waals surface area contributed by atoms with Crippen LogP contribution >= 0.6 is 11.3 Å². The van der Waals surface area contributed by atoms with Gasteiger partial charge in [-0.1, -0.05) is 37.6 Å². The lowest BCUT2D eigenvalue weighted by molar-refractivity contribution is -0.385. The van der Waals surface area contributed by atoms with Gasteiger partial charge < -0.3 is 10.1 Å². The number of hydrogen-bond acceptors (Lipinski definition) is 6. The van der Waals surface area contributed by atoms with Crippen LogP contribution in [0.1, 0.15) is 46.0 Å². The Morgan fingerprint density at radius 3 is 2.69 bits per heavy atom. The molecule has 0 bridgehead atoms. The fraction of sp³-hybridized carbons (Fsp3) is 0.238. The maximum atomic E-state index is 12.7. The van der Waals surface area contributed by atoms with Crippen molar-refractivity contribution in [1.29, 1.82) is 0 Å². The van der Waals surface area contributed by atoms with Crippen LogP contribution in [0, 0.1) is 17.0 Å².